The van der Waals surface area contributed by atoms with Crippen molar-refractivity contribution >= 4 is 16.7 Å². The molecule has 0 saturated heterocycles. The first-order valence-corrected chi connectivity index (χ1v) is 9.76. The van der Waals surface area contributed by atoms with Crippen LogP contribution in [-0.2, 0) is 0 Å². The molecule has 0 aliphatic rings. The standard InChI is InChI=1S/C26H23NO3/c1-29-20-15-16-23(24(17-20)30-2)25(27-26(28)19-10-4-3-5-11-19)22-14-8-12-18-9-6-7-13-21(18)22/h3-17,25H,1-2H3,(H,27,28). The minimum Gasteiger partial charge on any atom is -0.497 e. The van der Waals surface area contributed by atoms with Gasteiger partial charge in [-0.25, -0.2) is 0 Å². The molecule has 0 aromatic heterocycles. The van der Waals surface area contributed by atoms with Crippen LogP contribution in [0.4, 0.5) is 0 Å². The Bertz CT molecular complexity index is 1170. The first-order chi connectivity index (χ1) is 14.7. The second-order valence-electron chi connectivity index (χ2n) is 6.95. The number of amides is 1. The number of nitrogens with one attached hydrogen (secondary N) is 1. The molecular weight excluding hydrogens is 374 g/mol. The van der Waals surface area contributed by atoms with Crippen LogP contribution < -0.4 is 14.8 Å². The first kappa shape index (κ1) is 19.5. The van der Waals surface area contributed by atoms with Gasteiger partial charge in [0.25, 0.3) is 5.91 Å². The molecule has 4 aromatic rings. The summed E-state index contributed by atoms with van der Waals surface area (Å²) < 4.78 is 11.0. The summed E-state index contributed by atoms with van der Waals surface area (Å²) in [5.74, 6) is 1.20. The van der Waals surface area contributed by atoms with Crippen LogP contribution in [0.1, 0.15) is 27.5 Å². The summed E-state index contributed by atoms with van der Waals surface area (Å²) in [7, 11) is 3.24. The van der Waals surface area contributed by atoms with Crippen molar-refractivity contribution in [3.8, 4) is 11.5 Å². The average Bonchev–Trinajstić information content (AvgIpc) is 2.82. The lowest BCUT2D eigenvalue weighted by molar-refractivity contribution is 0.0943. The van der Waals surface area contributed by atoms with Crippen LogP contribution in [0.2, 0.25) is 0 Å². The number of carbonyl (C=O) groups is 1. The predicted octanol–water partition coefficient (Wildman–Crippen LogP) is 5.38. The fourth-order valence-electron chi connectivity index (χ4n) is 3.69. The molecule has 0 heterocycles. The summed E-state index contributed by atoms with van der Waals surface area (Å²) in [5.41, 5.74) is 2.47. The molecule has 30 heavy (non-hydrogen) atoms. The van der Waals surface area contributed by atoms with Gasteiger partial charge in [-0.15, -0.1) is 0 Å². The summed E-state index contributed by atoms with van der Waals surface area (Å²) in [4.78, 5) is 13.1. The van der Waals surface area contributed by atoms with Gasteiger partial charge >= 0.3 is 0 Å². The molecule has 4 nitrogen and oxygen atoms in total. The average molecular weight is 397 g/mol. The highest BCUT2D eigenvalue weighted by molar-refractivity contribution is 5.95. The fraction of sp³-hybridized carbons (Fsp3) is 0.115. The molecule has 0 bridgehead atoms. The van der Waals surface area contributed by atoms with Gasteiger partial charge in [-0.2, -0.15) is 0 Å². The van der Waals surface area contributed by atoms with Crippen molar-refractivity contribution < 1.29 is 14.3 Å². The number of methoxy groups -OCH3 is 2. The quantitative estimate of drug-likeness (QED) is 0.475. The van der Waals surface area contributed by atoms with E-state index in [0.29, 0.717) is 17.1 Å². The third-order valence-corrected chi connectivity index (χ3v) is 5.20. The maximum absolute atomic E-state index is 13.1. The maximum Gasteiger partial charge on any atom is 0.252 e. The van der Waals surface area contributed by atoms with Crippen molar-refractivity contribution in [1.29, 1.82) is 0 Å². The van der Waals surface area contributed by atoms with Crippen molar-refractivity contribution in [1.82, 2.24) is 5.32 Å². The van der Waals surface area contributed by atoms with Crippen LogP contribution in [-0.4, -0.2) is 20.1 Å². The number of hydrogen-bond acceptors (Lipinski definition) is 3. The largest absolute Gasteiger partial charge is 0.497 e. The highest BCUT2D eigenvalue weighted by Crippen LogP contribution is 2.36. The number of benzene rings is 4. The van der Waals surface area contributed by atoms with Crippen LogP contribution >= 0.6 is 0 Å². The number of fused-ring (bicyclic) bond motifs is 1. The van der Waals surface area contributed by atoms with Gasteiger partial charge in [0.05, 0.1) is 20.3 Å². The van der Waals surface area contributed by atoms with Crippen molar-refractivity contribution in [2.45, 2.75) is 6.04 Å². The summed E-state index contributed by atoms with van der Waals surface area (Å²) in [6.45, 7) is 0. The highest BCUT2D eigenvalue weighted by atomic mass is 16.5. The topological polar surface area (TPSA) is 47.6 Å². The molecular formula is C26H23NO3. The van der Waals surface area contributed by atoms with Crippen LogP contribution in [0.25, 0.3) is 10.8 Å². The summed E-state index contributed by atoms with van der Waals surface area (Å²) in [6, 6.07) is 28.8. The van der Waals surface area contributed by atoms with Crippen LogP contribution in [0.5, 0.6) is 11.5 Å². The van der Waals surface area contributed by atoms with E-state index in [1.54, 1.807) is 26.4 Å². The van der Waals surface area contributed by atoms with Crippen molar-refractivity contribution in [2.75, 3.05) is 14.2 Å². The highest BCUT2D eigenvalue weighted by Gasteiger charge is 2.23. The lowest BCUT2D eigenvalue weighted by atomic mass is 9.92. The Morgan fingerprint density at radius 3 is 2.27 bits per heavy atom. The minimum atomic E-state index is -0.398. The van der Waals surface area contributed by atoms with Crippen molar-refractivity contribution in [3.63, 3.8) is 0 Å². The molecule has 1 atom stereocenters. The molecule has 1 amide bonds. The van der Waals surface area contributed by atoms with Crippen molar-refractivity contribution in [3.05, 3.63) is 108 Å². The molecule has 1 N–H and O–H groups in total. The van der Waals surface area contributed by atoms with Gasteiger partial charge in [0.2, 0.25) is 0 Å². The maximum atomic E-state index is 13.1. The molecule has 0 spiro atoms. The van der Waals surface area contributed by atoms with E-state index in [1.807, 2.05) is 60.7 Å². The second-order valence-corrected chi connectivity index (χ2v) is 6.95. The normalized spacial score (nSPS) is 11.7. The van der Waals surface area contributed by atoms with E-state index in [1.165, 1.54) is 0 Å². The van der Waals surface area contributed by atoms with Crippen LogP contribution in [0.15, 0.2) is 91.0 Å². The molecule has 0 aliphatic heterocycles. The van der Waals surface area contributed by atoms with Crippen LogP contribution in [0.3, 0.4) is 0 Å². The minimum absolute atomic E-state index is 0.147. The molecule has 0 aliphatic carbocycles. The summed E-state index contributed by atoms with van der Waals surface area (Å²) >= 11 is 0. The van der Waals surface area contributed by atoms with E-state index >= 15 is 0 Å². The SMILES string of the molecule is COc1ccc(C(NC(=O)c2ccccc2)c2cccc3ccccc23)c(OC)c1. The van der Waals surface area contributed by atoms with E-state index in [-0.39, 0.29) is 5.91 Å². The van der Waals surface area contributed by atoms with E-state index in [4.69, 9.17) is 9.47 Å². The van der Waals surface area contributed by atoms with Gasteiger partial charge < -0.3 is 14.8 Å². The third-order valence-electron chi connectivity index (χ3n) is 5.20. The number of carbonyl (C=O) groups excluding carboxylic acids is 1. The molecule has 0 radical (unpaired) electrons. The Morgan fingerprint density at radius 2 is 1.50 bits per heavy atom. The number of ether oxygens (including phenoxy) is 2. The fourth-order valence-corrected chi connectivity index (χ4v) is 3.69. The Morgan fingerprint density at radius 1 is 0.767 bits per heavy atom. The monoisotopic (exact) mass is 397 g/mol. The molecule has 4 rings (SSSR count). The zero-order valence-electron chi connectivity index (χ0n) is 17.0. The van der Waals surface area contributed by atoms with E-state index < -0.39 is 6.04 Å². The Hall–Kier alpha value is -3.79. The van der Waals surface area contributed by atoms with E-state index in [9.17, 15) is 4.79 Å². The van der Waals surface area contributed by atoms with Crippen LogP contribution in [0, 0.1) is 0 Å². The Labute approximate surface area is 176 Å². The third kappa shape index (κ3) is 3.85. The molecule has 4 heteroatoms. The van der Waals surface area contributed by atoms with E-state index in [2.05, 4.69) is 23.5 Å². The molecule has 1 unspecified atom stereocenters. The lowest BCUT2D eigenvalue weighted by Gasteiger charge is -2.24. The number of hydrogen-bond donors (Lipinski definition) is 1. The van der Waals surface area contributed by atoms with Gasteiger partial charge in [0.15, 0.2) is 0 Å². The number of rotatable bonds is 6. The predicted molar refractivity (Wildman–Crippen MR) is 119 cm³/mol. The van der Waals surface area contributed by atoms with Gasteiger partial charge in [-0.05, 0) is 40.6 Å². The molecule has 4 aromatic carbocycles. The van der Waals surface area contributed by atoms with Gasteiger partial charge in [-0.1, -0.05) is 60.7 Å². The Kier molecular flexibility index (Phi) is 5.66. The van der Waals surface area contributed by atoms with E-state index in [0.717, 1.165) is 21.9 Å². The van der Waals surface area contributed by atoms with Gasteiger partial charge in [0, 0.05) is 17.2 Å². The zero-order valence-corrected chi connectivity index (χ0v) is 17.0. The Balaban J connectivity index is 1.86. The molecule has 0 fully saturated rings. The summed E-state index contributed by atoms with van der Waals surface area (Å²) in [6.07, 6.45) is 0. The molecule has 0 saturated carbocycles. The first-order valence-electron chi connectivity index (χ1n) is 9.76. The van der Waals surface area contributed by atoms with Gasteiger partial charge in [-0.3, -0.25) is 4.79 Å². The lowest BCUT2D eigenvalue weighted by Crippen LogP contribution is -2.29. The van der Waals surface area contributed by atoms with Gasteiger partial charge in [0.1, 0.15) is 11.5 Å². The van der Waals surface area contributed by atoms with Crippen molar-refractivity contribution in [2.24, 2.45) is 0 Å². The summed E-state index contributed by atoms with van der Waals surface area (Å²) in [5, 5.41) is 5.40. The second kappa shape index (κ2) is 8.70. The molecule has 150 valence electrons. The zero-order chi connectivity index (χ0) is 20.9. The smallest absolute Gasteiger partial charge is 0.252 e.